The molecule has 1 aromatic rings. The number of hydrogen-bond donors (Lipinski definition) is 5. The summed E-state index contributed by atoms with van der Waals surface area (Å²) >= 11 is 0. The zero-order valence-corrected chi connectivity index (χ0v) is 28.9. The van der Waals surface area contributed by atoms with Gasteiger partial charge in [-0.25, -0.2) is 19.9 Å². The number of urea groups is 1. The summed E-state index contributed by atoms with van der Waals surface area (Å²) in [5.41, 5.74) is 0.627. The number of unbranched alkanes of at least 4 members (excludes halogenated alkanes) is 2. The van der Waals surface area contributed by atoms with E-state index in [-0.39, 0.29) is 30.8 Å². The number of ether oxygens (including phenoxy) is 2. The second-order valence-corrected chi connectivity index (χ2v) is 12.5. The van der Waals surface area contributed by atoms with Crippen molar-refractivity contribution in [2.75, 3.05) is 19.8 Å². The molecule has 0 fully saturated rings. The van der Waals surface area contributed by atoms with E-state index in [0.717, 1.165) is 30.2 Å². The first-order chi connectivity index (χ1) is 19.9. The summed E-state index contributed by atoms with van der Waals surface area (Å²) in [4.78, 5) is 36.3. The summed E-state index contributed by atoms with van der Waals surface area (Å²) in [5, 5.41) is 29.5. The van der Waals surface area contributed by atoms with Crippen molar-refractivity contribution in [3.8, 4) is 0 Å². The number of aliphatic hydroxyl groups excluding tert-OH is 2. The van der Waals surface area contributed by atoms with Gasteiger partial charge in [-0.05, 0) is 82.6 Å². The second-order valence-electron chi connectivity index (χ2n) is 12.5. The van der Waals surface area contributed by atoms with Crippen LogP contribution in [0.4, 0.5) is 4.79 Å². The van der Waals surface area contributed by atoms with Gasteiger partial charge < -0.3 is 25.0 Å². The minimum Gasteiger partial charge on any atom is -0.456 e. The van der Waals surface area contributed by atoms with Gasteiger partial charge in [0.2, 0.25) is 0 Å². The van der Waals surface area contributed by atoms with E-state index in [0.29, 0.717) is 19.4 Å². The molecule has 0 aliphatic heterocycles. The van der Waals surface area contributed by atoms with Crippen molar-refractivity contribution in [1.82, 2.24) is 10.8 Å². The van der Waals surface area contributed by atoms with Crippen molar-refractivity contribution >= 4 is 18.0 Å². The number of aliphatic hydroxyl groups is 2. The van der Waals surface area contributed by atoms with Gasteiger partial charge in [-0.15, -0.1) is 0 Å². The lowest BCUT2D eigenvalue weighted by Gasteiger charge is -2.25. The topological polar surface area (TPSA) is 154 Å². The summed E-state index contributed by atoms with van der Waals surface area (Å²) in [6.07, 6.45) is 3.01. The Hall–Kier alpha value is -2.69. The average Bonchev–Trinajstić information content (AvgIpc) is 2.90. The van der Waals surface area contributed by atoms with Gasteiger partial charge in [0.15, 0.2) is 0 Å². The molecule has 43 heavy (non-hydrogen) atoms. The molecule has 10 heteroatoms. The van der Waals surface area contributed by atoms with E-state index in [4.69, 9.17) is 19.8 Å². The van der Waals surface area contributed by atoms with E-state index in [1.54, 1.807) is 39.8 Å². The molecule has 2 amide bonds. The number of aryl methyl sites for hydroxylation is 1. The Kier molecular flexibility index (Phi) is 25.7. The number of hydroxylamine groups is 1. The predicted octanol–water partition coefficient (Wildman–Crippen LogP) is 6.68. The Morgan fingerprint density at radius 1 is 0.767 bits per heavy atom. The molecule has 0 saturated carbocycles. The monoisotopic (exact) mass is 614 g/mol. The van der Waals surface area contributed by atoms with E-state index in [1.165, 1.54) is 11.5 Å². The van der Waals surface area contributed by atoms with Crippen molar-refractivity contribution in [2.24, 2.45) is 11.8 Å². The van der Waals surface area contributed by atoms with E-state index in [1.807, 2.05) is 13.8 Å². The number of nitrogens with one attached hydrogen (secondary N) is 2. The number of carbonyl (C=O) groups is 3. The Bertz CT molecular complexity index is 887. The molecular formula is C33H62N2O8. The van der Waals surface area contributed by atoms with E-state index in [2.05, 4.69) is 46.9 Å². The Morgan fingerprint density at radius 2 is 1.21 bits per heavy atom. The minimum absolute atomic E-state index is 0.136. The molecule has 0 atom stereocenters. The van der Waals surface area contributed by atoms with Crippen LogP contribution < -0.4 is 10.8 Å². The van der Waals surface area contributed by atoms with Gasteiger partial charge in [-0.2, -0.15) is 0 Å². The van der Waals surface area contributed by atoms with Crippen LogP contribution in [-0.4, -0.2) is 64.4 Å². The summed E-state index contributed by atoms with van der Waals surface area (Å²) < 4.78 is 10.9. The molecule has 252 valence electrons. The third-order valence-electron chi connectivity index (χ3n) is 4.83. The highest BCUT2D eigenvalue weighted by molar-refractivity contribution is 5.96. The van der Waals surface area contributed by atoms with Crippen LogP contribution in [-0.2, 0) is 15.9 Å². The van der Waals surface area contributed by atoms with Gasteiger partial charge in [0.05, 0.1) is 17.7 Å². The molecule has 0 unspecified atom stereocenters. The van der Waals surface area contributed by atoms with Crippen molar-refractivity contribution in [3.63, 3.8) is 0 Å². The van der Waals surface area contributed by atoms with Crippen LogP contribution >= 0.6 is 0 Å². The number of hydrogen-bond acceptors (Lipinski definition) is 8. The summed E-state index contributed by atoms with van der Waals surface area (Å²) in [5.74, 6) is 0.378. The van der Waals surface area contributed by atoms with E-state index >= 15 is 0 Å². The SMILES string of the molecule is CC.CC(C)(CO)OC(=O)c1cc(CCCCCNC(=O)NO)cc(C(=O)OC(C)(C)CCO)c1.CC(C)C.CC(C)C. The molecule has 5 N–H and O–H groups in total. The smallest absolute Gasteiger partial charge is 0.338 e. The van der Waals surface area contributed by atoms with Crippen LogP contribution in [0.5, 0.6) is 0 Å². The maximum Gasteiger partial charge on any atom is 0.338 e. The quantitative estimate of drug-likeness (QED) is 0.0713. The molecular weight excluding hydrogens is 552 g/mol. The van der Waals surface area contributed by atoms with Crippen LogP contribution in [0.3, 0.4) is 0 Å². The predicted molar refractivity (Wildman–Crippen MR) is 172 cm³/mol. The highest BCUT2D eigenvalue weighted by atomic mass is 16.6. The molecule has 0 aromatic heterocycles. The van der Waals surface area contributed by atoms with Crippen molar-refractivity contribution in [3.05, 3.63) is 34.9 Å². The number of rotatable bonds is 13. The largest absolute Gasteiger partial charge is 0.456 e. The lowest BCUT2D eigenvalue weighted by molar-refractivity contribution is -0.0265. The average molecular weight is 615 g/mol. The first-order valence-electron chi connectivity index (χ1n) is 15.4. The Balaban J connectivity index is -0.00000139. The lowest BCUT2D eigenvalue weighted by atomic mass is 10.00. The van der Waals surface area contributed by atoms with E-state index < -0.39 is 29.2 Å². The third-order valence-corrected chi connectivity index (χ3v) is 4.83. The number of carbonyl (C=O) groups excluding carboxylic acids is 3. The highest BCUT2D eigenvalue weighted by Gasteiger charge is 2.26. The molecule has 0 heterocycles. The maximum atomic E-state index is 12.7. The number of benzene rings is 1. The van der Waals surface area contributed by atoms with Crippen molar-refractivity contribution < 1.29 is 39.3 Å². The van der Waals surface area contributed by atoms with Crippen molar-refractivity contribution in [1.29, 1.82) is 0 Å². The minimum atomic E-state index is -1.08. The van der Waals surface area contributed by atoms with Gasteiger partial charge in [0.25, 0.3) is 0 Å². The standard InChI is InChI=1S/C23H36N2O8.2C4H10.C2H6/c1-22(2,9-11-26)32-19(28)17-12-16(8-6-5-7-10-24-21(30)25-31)13-18(14-17)20(29)33-23(3,4)15-27;2*1-4(2)3;1-2/h12-14,26-27,31H,5-11,15H2,1-4H3,(H2,24,25,30);2*4H,1-3H3;1-2H3. The summed E-state index contributed by atoms with van der Waals surface area (Å²) in [7, 11) is 0. The Morgan fingerprint density at radius 3 is 1.60 bits per heavy atom. The van der Waals surface area contributed by atoms with Gasteiger partial charge >= 0.3 is 18.0 Å². The van der Waals surface area contributed by atoms with Crippen molar-refractivity contribution in [2.45, 2.75) is 126 Å². The fraction of sp³-hybridized carbons (Fsp3) is 0.727. The molecule has 0 saturated heterocycles. The molecule has 1 rings (SSSR count). The van der Waals surface area contributed by atoms with Crippen LogP contribution in [0.2, 0.25) is 0 Å². The highest BCUT2D eigenvalue weighted by Crippen LogP contribution is 2.21. The van der Waals surface area contributed by atoms with E-state index in [9.17, 15) is 19.5 Å². The number of amides is 2. The fourth-order valence-corrected chi connectivity index (χ4v) is 2.92. The first-order valence-corrected chi connectivity index (χ1v) is 15.4. The van der Waals surface area contributed by atoms with Crippen LogP contribution in [0.15, 0.2) is 18.2 Å². The summed E-state index contributed by atoms with van der Waals surface area (Å²) in [6.45, 7) is 23.4. The normalized spacial score (nSPS) is 10.7. The van der Waals surface area contributed by atoms with Gasteiger partial charge in [0.1, 0.15) is 11.2 Å². The molecule has 0 bridgehead atoms. The Labute approximate surface area is 260 Å². The zero-order valence-electron chi connectivity index (χ0n) is 28.9. The van der Waals surface area contributed by atoms with Gasteiger partial charge in [-0.1, -0.05) is 61.8 Å². The van der Waals surface area contributed by atoms with Crippen LogP contribution in [0, 0.1) is 11.8 Å². The third kappa shape index (κ3) is 26.7. The van der Waals surface area contributed by atoms with Crippen LogP contribution in [0.1, 0.15) is 135 Å². The molecule has 0 aliphatic carbocycles. The molecule has 0 radical (unpaired) electrons. The molecule has 0 aliphatic rings. The lowest BCUT2D eigenvalue weighted by Crippen LogP contribution is -2.33. The molecule has 10 nitrogen and oxygen atoms in total. The molecule has 0 spiro atoms. The number of esters is 2. The fourth-order valence-electron chi connectivity index (χ4n) is 2.92. The molecule has 1 aromatic carbocycles. The zero-order chi connectivity index (χ0) is 34.2. The summed E-state index contributed by atoms with van der Waals surface area (Å²) in [6, 6.07) is 4.03. The van der Waals surface area contributed by atoms with Crippen LogP contribution in [0.25, 0.3) is 0 Å². The van der Waals surface area contributed by atoms with Gasteiger partial charge in [0, 0.05) is 19.6 Å². The van der Waals surface area contributed by atoms with Gasteiger partial charge in [-0.3, -0.25) is 5.21 Å². The maximum absolute atomic E-state index is 12.7. The second kappa shape index (κ2) is 24.7. The first kappa shape index (κ1) is 44.7.